The Morgan fingerprint density at radius 1 is 1.42 bits per heavy atom. The fraction of sp³-hybridized carbons (Fsp3) is 0.636. The van der Waals surface area contributed by atoms with Gasteiger partial charge in [-0.15, -0.1) is 0 Å². The molecule has 1 rings (SSSR count). The number of nitrogens with one attached hydrogen (secondary N) is 2. The Kier molecular flexibility index (Phi) is 7.01. The largest absolute Gasteiger partial charge is 0.452 e. The Labute approximate surface area is 122 Å². The van der Waals surface area contributed by atoms with Crippen LogP contribution in [0.1, 0.15) is 18.6 Å². The molecule has 1 heterocycles. The minimum Gasteiger partial charge on any atom is -0.452 e. The second kappa shape index (κ2) is 8.01. The van der Waals surface area contributed by atoms with E-state index in [2.05, 4.69) is 26.0 Å². The van der Waals surface area contributed by atoms with Gasteiger partial charge in [-0.3, -0.25) is 0 Å². The van der Waals surface area contributed by atoms with E-state index >= 15 is 0 Å². The highest BCUT2D eigenvalue weighted by Gasteiger charge is 2.21. The Balaban J connectivity index is 2.61. The number of unbranched alkanes of at least 4 members (excludes halogenated alkanes) is 1. The van der Waals surface area contributed by atoms with E-state index in [4.69, 9.17) is 9.15 Å². The van der Waals surface area contributed by atoms with Gasteiger partial charge in [-0.05, 0) is 35.8 Å². The maximum Gasteiger partial charge on any atom is 0.244 e. The number of methoxy groups -OCH3 is 1. The molecule has 0 saturated heterocycles. The molecule has 0 bridgehead atoms. The lowest BCUT2D eigenvalue weighted by Gasteiger charge is -2.04. The van der Waals surface area contributed by atoms with E-state index in [1.54, 1.807) is 14.2 Å². The third kappa shape index (κ3) is 5.23. The summed E-state index contributed by atoms with van der Waals surface area (Å²) in [5, 5.41) is 2.90. The van der Waals surface area contributed by atoms with Crippen molar-refractivity contribution in [2.45, 2.75) is 24.3 Å². The van der Waals surface area contributed by atoms with Gasteiger partial charge in [0.05, 0.1) is 6.54 Å². The number of halogens is 1. The van der Waals surface area contributed by atoms with Crippen molar-refractivity contribution in [1.29, 1.82) is 0 Å². The fourth-order valence-electron chi connectivity index (χ4n) is 1.50. The van der Waals surface area contributed by atoms with Crippen LogP contribution in [0, 0.1) is 0 Å². The van der Waals surface area contributed by atoms with E-state index < -0.39 is 10.0 Å². The first-order valence-electron chi connectivity index (χ1n) is 5.92. The van der Waals surface area contributed by atoms with Crippen LogP contribution in [0.15, 0.2) is 20.0 Å². The summed E-state index contributed by atoms with van der Waals surface area (Å²) >= 11 is 3.12. The number of hydrogen-bond donors (Lipinski definition) is 2. The molecule has 2 N–H and O–H groups in total. The summed E-state index contributed by atoms with van der Waals surface area (Å²) in [6.45, 7) is 1.48. The predicted molar refractivity (Wildman–Crippen MR) is 75.5 cm³/mol. The summed E-state index contributed by atoms with van der Waals surface area (Å²) in [5.41, 5.74) is 0. The van der Waals surface area contributed by atoms with Crippen LogP contribution in [0.25, 0.3) is 0 Å². The standard InChI is InChI=1S/C11H19BrN2O4S/c1-13-8-9-7-10(11(12)18-9)19(15,16)14-5-3-4-6-17-2/h7,13-14H,3-6,8H2,1-2H3. The zero-order valence-electron chi connectivity index (χ0n) is 11.0. The summed E-state index contributed by atoms with van der Waals surface area (Å²) in [7, 11) is -0.151. The van der Waals surface area contributed by atoms with Gasteiger partial charge in [0.1, 0.15) is 10.7 Å². The fourth-order valence-corrected chi connectivity index (χ4v) is 3.57. The first kappa shape index (κ1) is 16.6. The summed E-state index contributed by atoms with van der Waals surface area (Å²) in [5.74, 6) is 0.564. The van der Waals surface area contributed by atoms with Gasteiger partial charge in [-0.25, -0.2) is 13.1 Å². The van der Waals surface area contributed by atoms with Gasteiger partial charge in [0.2, 0.25) is 10.0 Å². The zero-order valence-corrected chi connectivity index (χ0v) is 13.4. The lowest BCUT2D eigenvalue weighted by molar-refractivity contribution is 0.193. The zero-order chi connectivity index (χ0) is 14.3. The van der Waals surface area contributed by atoms with E-state index in [1.807, 2.05) is 0 Å². The van der Waals surface area contributed by atoms with Crippen molar-refractivity contribution in [3.05, 3.63) is 16.5 Å². The minimum absolute atomic E-state index is 0.129. The van der Waals surface area contributed by atoms with Gasteiger partial charge in [0.25, 0.3) is 0 Å². The maximum absolute atomic E-state index is 12.1. The molecular weight excluding hydrogens is 336 g/mol. The van der Waals surface area contributed by atoms with Gasteiger partial charge < -0.3 is 14.5 Å². The van der Waals surface area contributed by atoms with Crippen LogP contribution in [0.2, 0.25) is 0 Å². The molecule has 8 heteroatoms. The number of ether oxygens (including phenoxy) is 1. The smallest absolute Gasteiger partial charge is 0.244 e. The third-order valence-corrected chi connectivity index (χ3v) is 4.73. The molecule has 0 fully saturated rings. The van der Waals surface area contributed by atoms with E-state index in [1.165, 1.54) is 6.07 Å². The van der Waals surface area contributed by atoms with Crippen LogP contribution >= 0.6 is 15.9 Å². The van der Waals surface area contributed by atoms with E-state index in [-0.39, 0.29) is 9.56 Å². The van der Waals surface area contributed by atoms with Gasteiger partial charge in [-0.2, -0.15) is 0 Å². The topological polar surface area (TPSA) is 80.6 Å². The van der Waals surface area contributed by atoms with Crippen LogP contribution in [0.3, 0.4) is 0 Å². The minimum atomic E-state index is -3.53. The molecule has 0 radical (unpaired) electrons. The molecule has 1 aromatic rings. The summed E-state index contributed by atoms with van der Waals surface area (Å²) < 4.78 is 37.1. The molecule has 0 aromatic carbocycles. The molecule has 6 nitrogen and oxygen atoms in total. The monoisotopic (exact) mass is 354 g/mol. The number of rotatable bonds is 9. The molecule has 19 heavy (non-hydrogen) atoms. The maximum atomic E-state index is 12.1. The average molecular weight is 355 g/mol. The molecule has 0 aliphatic heterocycles. The quantitative estimate of drug-likeness (QED) is 0.656. The van der Waals surface area contributed by atoms with Crippen molar-refractivity contribution >= 4 is 26.0 Å². The number of furan rings is 1. The van der Waals surface area contributed by atoms with Gasteiger partial charge in [-0.1, -0.05) is 0 Å². The van der Waals surface area contributed by atoms with Crippen molar-refractivity contribution in [2.24, 2.45) is 0 Å². The molecule has 0 saturated carbocycles. The SMILES string of the molecule is CNCc1cc(S(=O)(=O)NCCCCOC)c(Br)o1. The van der Waals surface area contributed by atoms with Crippen molar-refractivity contribution in [1.82, 2.24) is 10.0 Å². The highest BCUT2D eigenvalue weighted by Crippen LogP contribution is 2.25. The van der Waals surface area contributed by atoms with Crippen LogP contribution in [-0.4, -0.2) is 35.7 Å². The lowest BCUT2D eigenvalue weighted by Crippen LogP contribution is -2.24. The summed E-state index contributed by atoms with van der Waals surface area (Å²) in [6, 6.07) is 1.51. The molecule has 1 aromatic heterocycles. The Morgan fingerprint density at radius 2 is 2.16 bits per heavy atom. The van der Waals surface area contributed by atoms with Gasteiger partial charge in [0.15, 0.2) is 4.67 Å². The van der Waals surface area contributed by atoms with Gasteiger partial charge >= 0.3 is 0 Å². The van der Waals surface area contributed by atoms with Crippen molar-refractivity contribution < 1.29 is 17.6 Å². The molecule has 0 unspecified atom stereocenters. The van der Waals surface area contributed by atoms with E-state index in [9.17, 15) is 8.42 Å². The number of hydrogen-bond acceptors (Lipinski definition) is 5. The molecule has 0 aliphatic rings. The lowest BCUT2D eigenvalue weighted by atomic mass is 10.3. The van der Waals surface area contributed by atoms with E-state index in [0.717, 1.165) is 12.8 Å². The van der Waals surface area contributed by atoms with Crippen LogP contribution in [0.5, 0.6) is 0 Å². The van der Waals surface area contributed by atoms with Crippen molar-refractivity contribution in [3.8, 4) is 0 Å². The van der Waals surface area contributed by atoms with Crippen LogP contribution in [0.4, 0.5) is 0 Å². The molecule has 110 valence electrons. The Morgan fingerprint density at radius 3 is 2.79 bits per heavy atom. The van der Waals surface area contributed by atoms with Crippen LogP contribution < -0.4 is 10.0 Å². The first-order chi connectivity index (χ1) is 9.01. The summed E-state index contributed by atoms with van der Waals surface area (Å²) in [6.07, 6.45) is 1.54. The molecule has 0 atom stereocenters. The molecule has 0 amide bonds. The Hall–Kier alpha value is -0.410. The van der Waals surface area contributed by atoms with Gasteiger partial charge in [0, 0.05) is 26.3 Å². The van der Waals surface area contributed by atoms with E-state index in [0.29, 0.717) is 25.5 Å². The predicted octanol–water partition coefficient (Wildman–Crippen LogP) is 1.47. The molecule has 0 aliphatic carbocycles. The highest BCUT2D eigenvalue weighted by atomic mass is 79.9. The second-order valence-electron chi connectivity index (χ2n) is 3.98. The van der Waals surface area contributed by atoms with Crippen LogP contribution in [-0.2, 0) is 21.3 Å². The second-order valence-corrected chi connectivity index (χ2v) is 6.43. The molecule has 0 spiro atoms. The summed E-state index contributed by atoms with van der Waals surface area (Å²) in [4.78, 5) is 0.129. The third-order valence-electron chi connectivity index (χ3n) is 2.41. The number of sulfonamides is 1. The highest BCUT2D eigenvalue weighted by molar-refractivity contribution is 9.10. The van der Waals surface area contributed by atoms with Crippen molar-refractivity contribution in [2.75, 3.05) is 27.3 Å². The van der Waals surface area contributed by atoms with Crippen molar-refractivity contribution in [3.63, 3.8) is 0 Å². The first-order valence-corrected chi connectivity index (χ1v) is 8.20. The Bertz CT molecular complexity index is 487. The average Bonchev–Trinajstić information content (AvgIpc) is 2.71. The normalized spacial score (nSPS) is 11.9. The molecular formula is C11H19BrN2O4S.